The molecule has 1 aliphatic heterocycles. The average molecular weight is 436 g/mol. The summed E-state index contributed by atoms with van der Waals surface area (Å²) in [6.07, 6.45) is -2.89. The molecule has 0 aliphatic carbocycles. The number of aromatic nitrogens is 1. The number of anilines is 1. The molecule has 1 aromatic heterocycles. The molecular weight excluding hydrogens is 420 g/mol. The Bertz CT molecular complexity index is 707. The van der Waals surface area contributed by atoms with Crippen molar-refractivity contribution in [2.75, 3.05) is 22.4 Å². The molecule has 1 aromatic carbocycles. The van der Waals surface area contributed by atoms with Gasteiger partial charge < -0.3 is 9.64 Å². The molecule has 0 amide bonds. The number of pyridine rings is 1. The van der Waals surface area contributed by atoms with Gasteiger partial charge >= 0.3 is 6.18 Å². The quantitative estimate of drug-likeness (QED) is 0.519. The summed E-state index contributed by atoms with van der Waals surface area (Å²) in [5.41, 5.74) is 0.0948. The van der Waals surface area contributed by atoms with Crippen LogP contribution in [0.4, 0.5) is 18.9 Å². The fourth-order valence-electron chi connectivity index (χ4n) is 2.99. The normalized spacial score (nSPS) is 22.6. The minimum Gasteiger partial charge on any atom is -0.371 e. The second-order valence-corrected chi connectivity index (χ2v) is 6.54. The molecule has 0 unspecified atom stereocenters. The topological polar surface area (TPSA) is 25.4 Å². The molecule has 124 valence electrons. The van der Waals surface area contributed by atoms with E-state index in [2.05, 4.69) is 32.5 Å². The van der Waals surface area contributed by atoms with E-state index in [1.165, 1.54) is 6.20 Å². The number of ether oxygens (including phenoxy) is 1. The molecule has 1 fully saturated rings. The molecule has 0 radical (unpaired) electrons. The summed E-state index contributed by atoms with van der Waals surface area (Å²) in [5, 5.41) is 0.531. The van der Waals surface area contributed by atoms with Crippen molar-refractivity contribution in [3.63, 3.8) is 0 Å². The molecule has 2 aromatic rings. The van der Waals surface area contributed by atoms with Crippen LogP contribution >= 0.6 is 22.6 Å². The van der Waals surface area contributed by atoms with Crippen LogP contribution in [0.5, 0.6) is 0 Å². The van der Waals surface area contributed by atoms with Crippen LogP contribution in [0.1, 0.15) is 12.5 Å². The summed E-state index contributed by atoms with van der Waals surface area (Å²) < 4.78 is 46.3. The van der Waals surface area contributed by atoms with Gasteiger partial charge in [0.1, 0.15) is 0 Å². The van der Waals surface area contributed by atoms with Gasteiger partial charge in [0.2, 0.25) is 0 Å². The highest BCUT2D eigenvalue weighted by molar-refractivity contribution is 14.1. The predicted molar refractivity (Wildman–Crippen MR) is 92.2 cm³/mol. The average Bonchev–Trinajstić information content (AvgIpc) is 2.52. The van der Waals surface area contributed by atoms with Crippen molar-refractivity contribution in [2.45, 2.75) is 25.3 Å². The first kappa shape index (κ1) is 16.8. The fraction of sp³-hybridized carbons (Fsp3) is 0.438. The number of nitrogens with zero attached hydrogens (tertiary/aromatic N) is 2. The molecule has 2 heterocycles. The van der Waals surface area contributed by atoms with Crippen LogP contribution in [-0.4, -0.2) is 34.7 Å². The maximum Gasteiger partial charge on any atom is 0.418 e. The van der Waals surface area contributed by atoms with Gasteiger partial charge in [0.05, 0.1) is 23.3 Å². The van der Waals surface area contributed by atoms with E-state index in [1.54, 1.807) is 18.2 Å². The third kappa shape index (κ3) is 3.40. The largest absolute Gasteiger partial charge is 0.418 e. The summed E-state index contributed by atoms with van der Waals surface area (Å²) in [6.45, 7) is 3.31. The number of hydrogen-bond acceptors (Lipinski definition) is 3. The molecule has 1 aliphatic rings. The minimum absolute atomic E-state index is 0.00247. The Kier molecular flexibility index (Phi) is 4.68. The number of alkyl halides is 4. The van der Waals surface area contributed by atoms with E-state index >= 15 is 0 Å². The number of fused-ring (bicyclic) bond motifs is 1. The summed E-state index contributed by atoms with van der Waals surface area (Å²) in [4.78, 5) is 6.08. The van der Waals surface area contributed by atoms with Crippen LogP contribution in [0.3, 0.4) is 0 Å². The zero-order valence-corrected chi connectivity index (χ0v) is 14.6. The zero-order valence-electron chi connectivity index (χ0n) is 12.5. The smallest absolute Gasteiger partial charge is 0.371 e. The predicted octanol–water partition coefficient (Wildman–Crippen LogP) is 4.28. The number of hydrogen-bond donors (Lipinski definition) is 0. The lowest BCUT2D eigenvalue weighted by atomic mass is 10.1. The van der Waals surface area contributed by atoms with E-state index < -0.39 is 11.7 Å². The van der Waals surface area contributed by atoms with Gasteiger partial charge in [-0.3, -0.25) is 4.98 Å². The van der Waals surface area contributed by atoms with Crippen molar-refractivity contribution in [1.29, 1.82) is 0 Å². The number of halogens is 4. The Balaban J connectivity index is 2.09. The monoisotopic (exact) mass is 436 g/mol. The van der Waals surface area contributed by atoms with Gasteiger partial charge in [-0.15, -0.1) is 0 Å². The summed E-state index contributed by atoms with van der Waals surface area (Å²) >= 11 is 2.27. The summed E-state index contributed by atoms with van der Waals surface area (Å²) in [6, 6.07) is 6.05. The van der Waals surface area contributed by atoms with Gasteiger partial charge in [-0.1, -0.05) is 22.6 Å². The lowest BCUT2D eigenvalue weighted by molar-refractivity contribution is -0.136. The van der Waals surface area contributed by atoms with Crippen LogP contribution in [0, 0.1) is 0 Å². The van der Waals surface area contributed by atoms with E-state index in [9.17, 15) is 13.2 Å². The van der Waals surface area contributed by atoms with Gasteiger partial charge in [0.15, 0.2) is 0 Å². The summed E-state index contributed by atoms with van der Waals surface area (Å²) in [5.74, 6) is 0. The molecule has 0 spiro atoms. The van der Waals surface area contributed by atoms with Gasteiger partial charge in [-0.05, 0) is 31.2 Å². The van der Waals surface area contributed by atoms with Crippen LogP contribution in [0.2, 0.25) is 0 Å². The van der Waals surface area contributed by atoms with E-state index in [1.807, 2.05) is 6.92 Å². The lowest BCUT2D eigenvalue weighted by Crippen LogP contribution is -2.47. The molecule has 23 heavy (non-hydrogen) atoms. The number of rotatable bonds is 2. The molecule has 0 saturated carbocycles. The molecule has 0 bridgehead atoms. The number of morpholine rings is 1. The molecule has 1 saturated heterocycles. The maximum atomic E-state index is 13.2. The molecular formula is C16H16F3IN2O. The van der Waals surface area contributed by atoms with Crippen LogP contribution in [-0.2, 0) is 10.9 Å². The van der Waals surface area contributed by atoms with Gasteiger partial charge in [0.25, 0.3) is 0 Å². The second kappa shape index (κ2) is 6.43. The minimum atomic E-state index is -4.41. The van der Waals surface area contributed by atoms with Crippen molar-refractivity contribution >= 4 is 39.2 Å². The molecule has 0 N–H and O–H groups in total. The van der Waals surface area contributed by atoms with Gasteiger partial charge in [-0.25, -0.2) is 0 Å². The Morgan fingerprint density at radius 3 is 2.78 bits per heavy atom. The SMILES string of the molecule is C[C@@H]1CN(c2ccc(C(F)(F)F)c3ncccc23)C[C@H](CI)O1. The van der Waals surface area contributed by atoms with Crippen LogP contribution in [0.25, 0.3) is 10.9 Å². The second-order valence-electron chi connectivity index (χ2n) is 5.66. The van der Waals surface area contributed by atoms with Gasteiger partial charge in [0, 0.05) is 34.8 Å². The molecule has 3 nitrogen and oxygen atoms in total. The van der Waals surface area contributed by atoms with Crippen molar-refractivity contribution in [2.24, 2.45) is 0 Å². The first-order valence-electron chi connectivity index (χ1n) is 7.31. The highest BCUT2D eigenvalue weighted by Gasteiger charge is 2.34. The highest BCUT2D eigenvalue weighted by atomic mass is 127. The van der Waals surface area contributed by atoms with Crippen molar-refractivity contribution < 1.29 is 17.9 Å². The Labute approximate surface area is 146 Å². The zero-order chi connectivity index (χ0) is 16.6. The Morgan fingerprint density at radius 1 is 1.30 bits per heavy atom. The molecule has 2 atom stereocenters. The Hall–Kier alpha value is -1.09. The van der Waals surface area contributed by atoms with Gasteiger partial charge in [-0.2, -0.15) is 13.2 Å². The van der Waals surface area contributed by atoms with Crippen molar-refractivity contribution in [1.82, 2.24) is 4.98 Å². The Morgan fingerprint density at radius 2 is 2.09 bits per heavy atom. The highest BCUT2D eigenvalue weighted by Crippen LogP contribution is 2.38. The number of benzene rings is 1. The fourth-order valence-corrected chi connectivity index (χ4v) is 3.48. The van der Waals surface area contributed by atoms with Crippen LogP contribution < -0.4 is 4.90 Å². The van der Waals surface area contributed by atoms with Crippen molar-refractivity contribution in [3.8, 4) is 0 Å². The van der Waals surface area contributed by atoms with E-state index in [0.717, 1.165) is 16.2 Å². The molecule has 7 heteroatoms. The third-order valence-corrected chi connectivity index (χ3v) is 4.87. The summed E-state index contributed by atoms with van der Waals surface area (Å²) in [7, 11) is 0. The molecule has 3 rings (SSSR count). The van der Waals surface area contributed by atoms with E-state index in [4.69, 9.17) is 4.74 Å². The van der Waals surface area contributed by atoms with Crippen molar-refractivity contribution in [3.05, 3.63) is 36.0 Å². The third-order valence-electron chi connectivity index (χ3n) is 3.89. The van der Waals surface area contributed by atoms with E-state index in [-0.39, 0.29) is 17.7 Å². The maximum absolute atomic E-state index is 13.2. The first-order valence-corrected chi connectivity index (χ1v) is 8.84. The standard InChI is InChI=1S/C16H16F3IN2O/c1-10-8-22(9-11(7-20)23-10)14-5-4-13(16(17,18)19)15-12(14)3-2-6-21-15/h2-6,10-11H,7-9H2,1H3/t10-,11+/m1/s1. The first-order chi connectivity index (χ1) is 10.9. The lowest BCUT2D eigenvalue weighted by Gasteiger charge is -2.38. The van der Waals surface area contributed by atoms with E-state index in [0.29, 0.717) is 18.5 Å². The van der Waals surface area contributed by atoms with Crippen LogP contribution in [0.15, 0.2) is 30.5 Å².